The van der Waals surface area contributed by atoms with Gasteiger partial charge in [-0.1, -0.05) is 72.9 Å². The third-order valence-electron chi connectivity index (χ3n) is 9.39. The lowest BCUT2D eigenvalue weighted by Gasteiger charge is -2.17. The largest absolute Gasteiger partial charge is 0.497 e. The van der Waals surface area contributed by atoms with E-state index >= 15 is 0 Å². The molecule has 0 aliphatic carbocycles. The van der Waals surface area contributed by atoms with Crippen LogP contribution in [-0.4, -0.2) is 21.3 Å². The molecule has 0 heterocycles. The zero-order valence-corrected chi connectivity index (χ0v) is 30.8. The first-order valence-corrected chi connectivity index (χ1v) is 17.5. The molecule has 3 heteroatoms. The van der Waals surface area contributed by atoms with Crippen molar-refractivity contribution < 1.29 is 14.2 Å². The number of methoxy groups -OCH3 is 3. The van der Waals surface area contributed by atoms with Gasteiger partial charge in [-0.3, -0.25) is 0 Å². The summed E-state index contributed by atoms with van der Waals surface area (Å²) in [5, 5.41) is 0. The molecule has 6 rings (SSSR count). The number of aryl methyl sites for hydroxylation is 3. The standard InChI is InChI=1S/C49H45O3/c1-34-31-43(22-19-40(34)16-7-37-10-25-46(50-4)26-11-37)49(44-23-20-41(35(2)32-44)17-8-38-12-27-47(51-5)28-13-38)45-24-21-42(36(3)33-45)18-9-39-14-29-48(52-6)30-15-39/h7-33H,1-6H3/q+1/b16-7+,17-8+,18-9+. The average Bonchev–Trinajstić information content (AvgIpc) is 3.17. The Morgan fingerprint density at radius 3 is 0.846 bits per heavy atom. The maximum atomic E-state index is 5.32. The van der Waals surface area contributed by atoms with Crippen LogP contribution in [0.15, 0.2) is 127 Å². The molecule has 6 aromatic rings. The fourth-order valence-electron chi connectivity index (χ4n) is 6.26. The molecule has 0 bridgehead atoms. The number of benzene rings is 6. The van der Waals surface area contributed by atoms with Crippen LogP contribution in [0.25, 0.3) is 36.5 Å². The van der Waals surface area contributed by atoms with Gasteiger partial charge in [0.2, 0.25) is 0 Å². The predicted molar refractivity (Wildman–Crippen MR) is 220 cm³/mol. The fraction of sp³-hybridized carbons (Fsp3) is 0.122. The average molecular weight is 682 g/mol. The van der Waals surface area contributed by atoms with E-state index in [1.807, 2.05) is 36.4 Å². The van der Waals surface area contributed by atoms with Gasteiger partial charge in [0.1, 0.15) is 17.2 Å². The monoisotopic (exact) mass is 681 g/mol. The van der Waals surface area contributed by atoms with E-state index in [1.165, 1.54) is 56.0 Å². The van der Waals surface area contributed by atoms with Crippen LogP contribution >= 0.6 is 0 Å². The summed E-state index contributed by atoms with van der Waals surface area (Å²) in [4.78, 5) is 0. The molecule has 0 saturated heterocycles. The number of hydrogen-bond acceptors (Lipinski definition) is 3. The smallest absolute Gasteiger partial charge is 0.118 e. The highest BCUT2D eigenvalue weighted by Crippen LogP contribution is 2.35. The summed E-state index contributed by atoms with van der Waals surface area (Å²) in [6, 6.07) is 44.7. The Hall–Kier alpha value is -6.19. The molecule has 0 atom stereocenters. The molecule has 0 fully saturated rings. The third kappa shape index (κ3) is 8.75. The van der Waals surface area contributed by atoms with Gasteiger partial charge >= 0.3 is 0 Å². The Balaban J connectivity index is 1.33. The molecule has 3 nitrogen and oxygen atoms in total. The Morgan fingerprint density at radius 1 is 0.346 bits per heavy atom. The highest BCUT2D eigenvalue weighted by Gasteiger charge is 2.24. The molecule has 0 amide bonds. The quantitative estimate of drug-likeness (QED) is 0.0731. The van der Waals surface area contributed by atoms with Crippen LogP contribution in [0.4, 0.5) is 0 Å². The zero-order valence-electron chi connectivity index (χ0n) is 30.8. The van der Waals surface area contributed by atoms with Crippen LogP contribution in [0, 0.1) is 26.7 Å². The van der Waals surface area contributed by atoms with Gasteiger partial charge in [0.15, 0.2) is 0 Å². The molecule has 258 valence electrons. The summed E-state index contributed by atoms with van der Waals surface area (Å²) in [5.41, 5.74) is 14.1. The third-order valence-corrected chi connectivity index (χ3v) is 9.39. The molecular formula is C49H45O3+. The Bertz CT molecular complexity index is 1950. The highest BCUT2D eigenvalue weighted by atomic mass is 16.5. The summed E-state index contributed by atoms with van der Waals surface area (Å²) < 4.78 is 16.0. The summed E-state index contributed by atoms with van der Waals surface area (Å²) in [7, 11) is 5.07. The molecule has 0 N–H and O–H groups in total. The fourth-order valence-corrected chi connectivity index (χ4v) is 6.26. The van der Waals surface area contributed by atoms with Crippen molar-refractivity contribution in [3.63, 3.8) is 0 Å². The minimum absolute atomic E-state index is 0.855. The molecule has 0 unspecified atom stereocenters. The van der Waals surface area contributed by atoms with E-state index in [9.17, 15) is 0 Å². The van der Waals surface area contributed by atoms with E-state index < -0.39 is 0 Å². The number of ether oxygens (including phenoxy) is 3. The van der Waals surface area contributed by atoms with Crippen LogP contribution < -0.4 is 14.2 Å². The van der Waals surface area contributed by atoms with Crippen molar-refractivity contribution in [1.82, 2.24) is 0 Å². The van der Waals surface area contributed by atoms with Gasteiger partial charge in [0.25, 0.3) is 0 Å². The van der Waals surface area contributed by atoms with E-state index in [4.69, 9.17) is 14.2 Å². The van der Waals surface area contributed by atoms with Gasteiger partial charge in [-0.25, -0.2) is 0 Å². The zero-order chi connectivity index (χ0) is 36.5. The van der Waals surface area contributed by atoms with E-state index in [-0.39, 0.29) is 0 Å². The first-order valence-electron chi connectivity index (χ1n) is 17.5. The number of rotatable bonds is 12. The summed E-state index contributed by atoms with van der Waals surface area (Å²) in [5.74, 6) is 3.77. The van der Waals surface area contributed by atoms with Crippen molar-refractivity contribution in [2.75, 3.05) is 21.3 Å². The predicted octanol–water partition coefficient (Wildman–Crippen LogP) is 12.2. The van der Waals surface area contributed by atoms with E-state index in [0.717, 1.165) is 33.9 Å². The van der Waals surface area contributed by atoms with Crippen LogP contribution in [0.5, 0.6) is 17.2 Å². The maximum absolute atomic E-state index is 5.32. The molecule has 0 spiro atoms. The minimum atomic E-state index is 0.855. The van der Waals surface area contributed by atoms with Gasteiger partial charge in [-0.05, 0) is 162 Å². The maximum Gasteiger partial charge on any atom is 0.118 e. The van der Waals surface area contributed by atoms with Crippen molar-refractivity contribution in [3.8, 4) is 17.2 Å². The molecule has 0 aromatic heterocycles. The summed E-state index contributed by atoms with van der Waals surface area (Å²) in [6.45, 7) is 6.56. The van der Waals surface area contributed by atoms with Gasteiger partial charge in [-0.2, -0.15) is 0 Å². The summed E-state index contributed by atoms with van der Waals surface area (Å²) in [6.07, 6.45) is 13.0. The second kappa shape index (κ2) is 16.7. The molecule has 52 heavy (non-hydrogen) atoms. The van der Waals surface area contributed by atoms with Crippen molar-refractivity contribution in [3.05, 3.63) is 200 Å². The van der Waals surface area contributed by atoms with Gasteiger partial charge in [0.05, 0.1) is 43.9 Å². The Kier molecular flexibility index (Phi) is 11.4. The first-order chi connectivity index (χ1) is 25.3. The first kappa shape index (κ1) is 35.6. The SMILES string of the molecule is COc1ccc(/C=C/c2ccc([C+](c3ccc(/C=C/c4ccc(OC)cc4)c(C)c3)c3ccc(/C=C/c4ccc(OC)cc4)c(C)c3)cc2C)cc1. The highest BCUT2D eigenvalue weighted by molar-refractivity contribution is 5.75. The Labute approximate surface area is 309 Å². The van der Waals surface area contributed by atoms with Gasteiger partial charge in [-0.15, -0.1) is 0 Å². The topological polar surface area (TPSA) is 27.7 Å². The normalized spacial score (nSPS) is 11.4. The Morgan fingerprint density at radius 2 is 0.615 bits per heavy atom. The lowest BCUT2D eigenvalue weighted by Crippen LogP contribution is -2.07. The van der Waals surface area contributed by atoms with E-state index in [0.29, 0.717) is 0 Å². The van der Waals surface area contributed by atoms with Crippen LogP contribution in [-0.2, 0) is 0 Å². The summed E-state index contributed by atoms with van der Waals surface area (Å²) >= 11 is 0. The molecule has 0 saturated carbocycles. The molecule has 6 aromatic carbocycles. The molecule has 0 radical (unpaired) electrons. The molecule has 0 aliphatic rings. The van der Waals surface area contributed by atoms with Crippen molar-refractivity contribution in [2.24, 2.45) is 0 Å². The van der Waals surface area contributed by atoms with E-state index in [1.54, 1.807) is 21.3 Å². The molecular weight excluding hydrogens is 637 g/mol. The number of hydrogen-bond donors (Lipinski definition) is 0. The van der Waals surface area contributed by atoms with E-state index in [2.05, 4.69) is 148 Å². The lowest BCUT2D eigenvalue weighted by atomic mass is 9.82. The minimum Gasteiger partial charge on any atom is -0.497 e. The van der Waals surface area contributed by atoms with Crippen molar-refractivity contribution in [1.29, 1.82) is 0 Å². The van der Waals surface area contributed by atoms with Gasteiger partial charge < -0.3 is 14.2 Å². The van der Waals surface area contributed by atoms with Crippen LogP contribution in [0.2, 0.25) is 0 Å². The second-order valence-electron chi connectivity index (χ2n) is 12.9. The van der Waals surface area contributed by atoms with Gasteiger partial charge in [0, 0.05) is 0 Å². The van der Waals surface area contributed by atoms with Crippen LogP contribution in [0.1, 0.15) is 66.8 Å². The lowest BCUT2D eigenvalue weighted by molar-refractivity contribution is 0.414. The van der Waals surface area contributed by atoms with Crippen LogP contribution in [0.3, 0.4) is 0 Å². The van der Waals surface area contributed by atoms with Crippen molar-refractivity contribution >= 4 is 36.5 Å². The van der Waals surface area contributed by atoms with Crippen molar-refractivity contribution in [2.45, 2.75) is 20.8 Å². The molecule has 0 aliphatic heterocycles. The second-order valence-corrected chi connectivity index (χ2v) is 12.9.